The number of carbonyl (C=O) groups excluding carboxylic acids is 2. The third kappa shape index (κ3) is 3.30. The molecule has 24 heavy (non-hydrogen) atoms. The topological polar surface area (TPSA) is 62.4 Å². The molecule has 0 spiro atoms. The van der Waals surface area contributed by atoms with E-state index in [9.17, 15) is 9.59 Å². The van der Waals surface area contributed by atoms with Crippen molar-refractivity contribution in [1.29, 1.82) is 0 Å². The first-order valence-corrected chi connectivity index (χ1v) is 8.60. The van der Waals surface area contributed by atoms with Gasteiger partial charge in [-0.3, -0.25) is 9.59 Å². The van der Waals surface area contributed by atoms with Crippen LogP contribution in [-0.2, 0) is 20.7 Å². The zero-order chi connectivity index (χ0) is 17.1. The maximum absolute atomic E-state index is 12.7. The normalized spacial score (nSPS) is 15.7. The Kier molecular flexibility index (Phi) is 4.88. The second-order valence-electron chi connectivity index (χ2n) is 6.36. The lowest BCUT2D eigenvalue weighted by molar-refractivity contribution is -0.151. The number of nitrogens with zero attached hydrogens (tertiary/aromatic N) is 1. The van der Waals surface area contributed by atoms with Crippen molar-refractivity contribution in [3.05, 3.63) is 35.5 Å². The van der Waals surface area contributed by atoms with Crippen molar-refractivity contribution in [2.45, 2.75) is 33.1 Å². The molecule has 0 atom stereocenters. The van der Waals surface area contributed by atoms with Crippen molar-refractivity contribution in [2.24, 2.45) is 5.92 Å². The Morgan fingerprint density at radius 2 is 1.96 bits per heavy atom. The zero-order valence-corrected chi connectivity index (χ0v) is 14.3. The number of aryl methyl sites for hydroxylation is 1. The molecule has 3 rings (SSSR count). The van der Waals surface area contributed by atoms with Gasteiger partial charge in [-0.15, -0.1) is 0 Å². The van der Waals surface area contributed by atoms with Crippen LogP contribution in [0.1, 0.15) is 31.0 Å². The van der Waals surface area contributed by atoms with E-state index in [1.54, 1.807) is 0 Å². The number of fused-ring (bicyclic) bond motifs is 1. The Morgan fingerprint density at radius 3 is 2.67 bits per heavy atom. The summed E-state index contributed by atoms with van der Waals surface area (Å²) < 4.78 is 5.08. The molecule has 2 heterocycles. The fourth-order valence-electron chi connectivity index (χ4n) is 3.45. The molecule has 128 valence electrons. The van der Waals surface area contributed by atoms with Gasteiger partial charge in [-0.05, 0) is 38.3 Å². The highest BCUT2D eigenvalue weighted by Crippen LogP contribution is 2.24. The number of esters is 1. The first-order valence-electron chi connectivity index (χ1n) is 8.60. The van der Waals surface area contributed by atoms with Crippen molar-refractivity contribution in [2.75, 3.05) is 19.7 Å². The smallest absolute Gasteiger partial charge is 0.309 e. The molecule has 1 amide bonds. The highest BCUT2D eigenvalue weighted by atomic mass is 16.5. The van der Waals surface area contributed by atoms with Crippen LogP contribution in [-0.4, -0.2) is 41.5 Å². The molecule has 1 N–H and O–H groups in total. The number of amides is 1. The number of carbonyl (C=O) groups is 2. The average Bonchev–Trinajstić information content (AvgIpc) is 2.91. The van der Waals surface area contributed by atoms with Crippen LogP contribution in [0, 0.1) is 12.8 Å². The summed E-state index contributed by atoms with van der Waals surface area (Å²) in [5, 5.41) is 1.12. The summed E-state index contributed by atoms with van der Waals surface area (Å²) in [7, 11) is 0. The minimum absolute atomic E-state index is 0.0659. The molecule has 5 nitrogen and oxygen atoms in total. The van der Waals surface area contributed by atoms with Crippen LogP contribution in [0.5, 0.6) is 0 Å². The maximum atomic E-state index is 12.7. The van der Waals surface area contributed by atoms with Gasteiger partial charge in [0, 0.05) is 29.7 Å². The molecule has 1 aliphatic rings. The number of ether oxygens (including phenoxy) is 1. The van der Waals surface area contributed by atoms with Gasteiger partial charge in [0.05, 0.1) is 18.9 Å². The van der Waals surface area contributed by atoms with Crippen molar-refractivity contribution in [1.82, 2.24) is 9.88 Å². The summed E-state index contributed by atoms with van der Waals surface area (Å²) in [5.41, 5.74) is 3.19. The predicted octanol–water partition coefficient (Wildman–Crippen LogP) is 2.82. The Morgan fingerprint density at radius 1 is 1.25 bits per heavy atom. The van der Waals surface area contributed by atoms with E-state index < -0.39 is 0 Å². The minimum atomic E-state index is -0.128. The van der Waals surface area contributed by atoms with Crippen molar-refractivity contribution >= 4 is 22.8 Å². The Balaban J connectivity index is 1.64. The molecule has 0 saturated carbocycles. The van der Waals surface area contributed by atoms with Gasteiger partial charge in [0.1, 0.15) is 0 Å². The van der Waals surface area contributed by atoms with E-state index in [0.29, 0.717) is 39.0 Å². The van der Waals surface area contributed by atoms with Gasteiger partial charge in [0.15, 0.2) is 0 Å². The standard InChI is InChI=1S/C19H24N2O3/c1-3-24-19(23)14-8-10-21(11-9-14)18(22)12-16-13(2)20-17-7-5-4-6-15(16)17/h4-7,14,20H,3,8-12H2,1-2H3. The Bertz CT molecular complexity index is 742. The van der Waals surface area contributed by atoms with Crippen LogP contribution >= 0.6 is 0 Å². The monoisotopic (exact) mass is 328 g/mol. The van der Waals surface area contributed by atoms with E-state index in [0.717, 1.165) is 22.2 Å². The number of para-hydroxylation sites is 1. The largest absolute Gasteiger partial charge is 0.466 e. The van der Waals surface area contributed by atoms with E-state index in [1.807, 2.05) is 36.9 Å². The van der Waals surface area contributed by atoms with Crippen molar-refractivity contribution in [3.8, 4) is 0 Å². The summed E-state index contributed by atoms with van der Waals surface area (Å²) in [4.78, 5) is 29.7. The molecule has 1 aromatic heterocycles. The molecule has 0 radical (unpaired) electrons. The number of piperidine rings is 1. The molecule has 1 saturated heterocycles. The highest BCUT2D eigenvalue weighted by molar-refractivity contribution is 5.90. The lowest BCUT2D eigenvalue weighted by atomic mass is 9.96. The van der Waals surface area contributed by atoms with Crippen LogP contribution in [0.15, 0.2) is 24.3 Å². The summed E-state index contributed by atoms with van der Waals surface area (Å²) in [5.74, 6) is -0.0638. The molecule has 2 aromatic rings. The van der Waals surface area contributed by atoms with Gasteiger partial charge in [-0.25, -0.2) is 0 Å². The molecular formula is C19H24N2O3. The number of hydrogen-bond acceptors (Lipinski definition) is 3. The van der Waals surface area contributed by atoms with E-state index in [2.05, 4.69) is 11.1 Å². The van der Waals surface area contributed by atoms with Crippen molar-refractivity contribution < 1.29 is 14.3 Å². The summed E-state index contributed by atoms with van der Waals surface area (Å²) in [6.45, 7) is 5.50. The molecular weight excluding hydrogens is 304 g/mol. The summed E-state index contributed by atoms with van der Waals surface area (Å²) in [6.07, 6.45) is 1.79. The third-order valence-corrected chi connectivity index (χ3v) is 4.82. The van der Waals surface area contributed by atoms with E-state index >= 15 is 0 Å². The van der Waals surface area contributed by atoms with Crippen LogP contribution in [0.2, 0.25) is 0 Å². The highest BCUT2D eigenvalue weighted by Gasteiger charge is 2.28. The molecule has 5 heteroatoms. The van der Waals surface area contributed by atoms with Crippen LogP contribution in [0.3, 0.4) is 0 Å². The third-order valence-electron chi connectivity index (χ3n) is 4.82. The zero-order valence-electron chi connectivity index (χ0n) is 14.3. The van der Waals surface area contributed by atoms with Crippen LogP contribution < -0.4 is 0 Å². The number of aromatic nitrogens is 1. The van der Waals surface area contributed by atoms with Crippen LogP contribution in [0.4, 0.5) is 0 Å². The molecule has 1 aliphatic heterocycles. The Labute approximate surface area is 142 Å². The first kappa shape index (κ1) is 16.6. The fourth-order valence-corrected chi connectivity index (χ4v) is 3.45. The number of benzene rings is 1. The Hall–Kier alpha value is -2.30. The quantitative estimate of drug-likeness (QED) is 0.878. The SMILES string of the molecule is CCOC(=O)C1CCN(C(=O)Cc2c(C)[nH]c3ccccc23)CC1. The lowest BCUT2D eigenvalue weighted by Gasteiger charge is -2.31. The molecule has 1 aromatic carbocycles. The van der Waals surface area contributed by atoms with E-state index in [1.165, 1.54) is 0 Å². The minimum Gasteiger partial charge on any atom is -0.466 e. The molecule has 0 unspecified atom stereocenters. The van der Waals surface area contributed by atoms with Gasteiger partial charge in [0.2, 0.25) is 5.91 Å². The molecule has 0 bridgehead atoms. The second kappa shape index (κ2) is 7.07. The summed E-state index contributed by atoms with van der Waals surface area (Å²) >= 11 is 0. The fraction of sp³-hybridized carbons (Fsp3) is 0.474. The number of rotatable bonds is 4. The first-order chi connectivity index (χ1) is 11.6. The van der Waals surface area contributed by atoms with E-state index in [4.69, 9.17) is 4.74 Å². The summed E-state index contributed by atoms with van der Waals surface area (Å²) in [6, 6.07) is 8.06. The van der Waals surface area contributed by atoms with Gasteiger partial charge in [0.25, 0.3) is 0 Å². The van der Waals surface area contributed by atoms with Gasteiger partial charge in [-0.1, -0.05) is 18.2 Å². The van der Waals surface area contributed by atoms with Gasteiger partial charge in [-0.2, -0.15) is 0 Å². The number of likely N-dealkylation sites (tertiary alicyclic amines) is 1. The molecule has 1 fully saturated rings. The number of hydrogen-bond donors (Lipinski definition) is 1. The number of aromatic amines is 1. The van der Waals surface area contributed by atoms with Crippen LogP contribution in [0.25, 0.3) is 10.9 Å². The van der Waals surface area contributed by atoms with Gasteiger partial charge < -0.3 is 14.6 Å². The maximum Gasteiger partial charge on any atom is 0.309 e. The number of nitrogens with one attached hydrogen (secondary N) is 1. The second-order valence-corrected chi connectivity index (χ2v) is 6.36. The molecule has 0 aliphatic carbocycles. The lowest BCUT2D eigenvalue weighted by Crippen LogP contribution is -2.41. The van der Waals surface area contributed by atoms with Crippen molar-refractivity contribution in [3.63, 3.8) is 0 Å². The average molecular weight is 328 g/mol. The predicted molar refractivity (Wildman–Crippen MR) is 92.7 cm³/mol. The van der Waals surface area contributed by atoms with E-state index in [-0.39, 0.29) is 17.8 Å². The van der Waals surface area contributed by atoms with Gasteiger partial charge >= 0.3 is 5.97 Å². The number of H-pyrrole nitrogens is 1.